The number of amides is 1. The van der Waals surface area contributed by atoms with Crippen LogP contribution in [-0.4, -0.2) is 56.5 Å². The molecule has 2 aromatic rings. The fourth-order valence-electron chi connectivity index (χ4n) is 3.36. The van der Waals surface area contributed by atoms with Gasteiger partial charge in [0.05, 0.1) is 13.7 Å². The van der Waals surface area contributed by atoms with Gasteiger partial charge >= 0.3 is 0 Å². The minimum atomic E-state index is 0.0363. The molecule has 1 aliphatic rings. The molecular formula is C23H28N2O4. The van der Waals surface area contributed by atoms with Crippen molar-refractivity contribution in [2.45, 2.75) is 19.8 Å². The second-order valence-electron chi connectivity index (χ2n) is 7.10. The van der Waals surface area contributed by atoms with Crippen LogP contribution < -0.4 is 14.4 Å². The van der Waals surface area contributed by atoms with Crippen LogP contribution >= 0.6 is 0 Å². The quantitative estimate of drug-likeness (QED) is 0.506. The van der Waals surface area contributed by atoms with Gasteiger partial charge in [-0.2, -0.15) is 0 Å². The lowest BCUT2D eigenvalue weighted by molar-refractivity contribution is -0.131. The van der Waals surface area contributed by atoms with Crippen molar-refractivity contribution < 1.29 is 19.1 Å². The van der Waals surface area contributed by atoms with E-state index in [0.717, 1.165) is 43.4 Å². The van der Waals surface area contributed by atoms with E-state index in [1.54, 1.807) is 31.4 Å². The molecule has 1 heterocycles. The average molecular weight is 396 g/mol. The number of piperazine rings is 1. The van der Waals surface area contributed by atoms with E-state index in [0.29, 0.717) is 25.0 Å². The molecule has 6 heteroatoms. The van der Waals surface area contributed by atoms with Gasteiger partial charge in [-0.3, -0.25) is 9.59 Å². The molecule has 0 unspecified atom stereocenters. The second-order valence-corrected chi connectivity index (χ2v) is 7.10. The summed E-state index contributed by atoms with van der Waals surface area (Å²) in [4.78, 5) is 28.0. The Morgan fingerprint density at radius 1 is 0.897 bits per heavy atom. The van der Waals surface area contributed by atoms with Crippen LogP contribution in [0.3, 0.4) is 0 Å². The first-order valence-corrected chi connectivity index (χ1v) is 9.97. The van der Waals surface area contributed by atoms with Crippen LogP contribution in [0, 0.1) is 0 Å². The highest BCUT2D eigenvalue weighted by molar-refractivity contribution is 5.94. The van der Waals surface area contributed by atoms with Crippen molar-refractivity contribution in [1.82, 2.24) is 4.90 Å². The molecular weight excluding hydrogens is 368 g/mol. The van der Waals surface area contributed by atoms with E-state index in [9.17, 15) is 9.59 Å². The average Bonchev–Trinajstić information content (AvgIpc) is 2.77. The number of hydrogen-bond donors (Lipinski definition) is 0. The minimum Gasteiger partial charge on any atom is -0.497 e. The fraction of sp³-hybridized carbons (Fsp3) is 0.391. The molecule has 0 spiro atoms. The summed E-state index contributed by atoms with van der Waals surface area (Å²) in [6, 6.07) is 15.1. The number of benzene rings is 2. The van der Waals surface area contributed by atoms with E-state index in [1.165, 1.54) is 6.92 Å². The zero-order valence-electron chi connectivity index (χ0n) is 17.1. The van der Waals surface area contributed by atoms with Crippen molar-refractivity contribution in [3.05, 3.63) is 54.1 Å². The molecule has 1 amide bonds. The zero-order valence-corrected chi connectivity index (χ0v) is 17.1. The van der Waals surface area contributed by atoms with Gasteiger partial charge in [-0.05, 0) is 61.9 Å². The first-order valence-electron chi connectivity index (χ1n) is 9.97. The molecule has 1 saturated heterocycles. The molecule has 0 aliphatic carbocycles. The predicted molar refractivity (Wildman–Crippen MR) is 113 cm³/mol. The standard InChI is InChI=1S/C23H28N2O4/c1-18(26)19-5-9-22(10-6-19)29-17-3-4-23(27)25-15-13-24(14-16-25)20-7-11-21(28-2)12-8-20/h5-12H,3-4,13-17H2,1-2H3. The SMILES string of the molecule is COc1ccc(N2CCN(C(=O)CCCOc3ccc(C(C)=O)cc3)CC2)cc1. The number of ketones is 1. The van der Waals surface area contributed by atoms with Gasteiger partial charge in [0.15, 0.2) is 5.78 Å². The summed E-state index contributed by atoms with van der Waals surface area (Å²) in [5.74, 6) is 1.78. The van der Waals surface area contributed by atoms with Crippen LogP contribution in [0.25, 0.3) is 0 Å². The number of rotatable bonds is 8. The Balaban J connectivity index is 1.36. The summed E-state index contributed by atoms with van der Waals surface area (Å²) in [7, 11) is 1.66. The Morgan fingerprint density at radius 3 is 2.10 bits per heavy atom. The molecule has 0 aromatic heterocycles. The van der Waals surface area contributed by atoms with Crippen molar-refractivity contribution in [1.29, 1.82) is 0 Å². The normalized spacial score (nSPS) is 13.9. The van der Waals surface area contributed by atoms with E-state index < -0.39 is 0 Å². The molecule has 0 N–H and O–H groups in total. The van der Waals surface area contributed by atoms with Gasteiger partial charge in [0.1, 0.15) is 11.5 Å². The molecule has 1 fully saturated rings. The number of methoxy groups -OCH3 is 1. The van der Waals surface area contributed by atoms with Crippen molar-refractivity contribution in [2.24, 2.45) is 0 Å². The van der Waals surface area contributed by atoms with Gasteiger partial charge < -0.3 is 19.3 Å². The minimum absolute atomic E-state index is 0.0363. The highest BCUT2D eigenvalue weighted by Crippen LogP contribution is 2.21. The van der Waals surface area contributed by atoms with E-state index >= 15 is 0 Å². The molecule has 0 atom stereocenters. The Kier molecular flexibility index (Phi) is 7.11. The molecule has 0 radical (unpaired) electrons. The molecule has 0 bridgehead atoms. The van der Waals surface area contributed by atoms with E-state index in [1.807, 2.05) is 17.0 Å². The highest BCUT2D eigenvalue weighted by atomic mass is 16.5. The Labute approximate surface area is 172 Å². The number of nitrogens with zero attached hydrogens (tertiary/aromatic N) is 2. The van der Waals surface area contributed by atoms with Crippen molar-refractivity contribution >= 4 is 17.4 Å². The van der Waals surface area contributed by atoms with E-state index in [2.05, 4.69) is 17.0 Å². The number of carbonyl (C=O) groups is 2. The van der Waals surface area contributed by atoms with Crippen molar-refractivity contribution in [3.8, 4) is 11.5 Å². The van der Waals surface area contributed by atoms with Gasteiger partial charge in [-0.1, -0.05) is 0 Å². The largest absolute Gasteiger partial charge is 0.497 e. The number of Topliss-reactive ketones (excluding diaryl/α,β-unsaturated/α-hetero) is 1. The summed E-state index contributed by atoms with van der Waals surface area (Å²) in [6.07, 6.45) is 1.15. The molecule has 0 saturated carbocycles. The maximum absolute atomic E-state index is 12.5. The van der Waals surface area contributed by atoms with Gasteiger partial charge in [0.25, 0.3) is 0 Å². The predicted octanol–water partition coefficient (Wildman–Crippen LogP) is 3.41. The number of hydrogen-bond acceptors (Lipinski definition) is 5. The smallest absolute Gasteiger partial charge is 0.222 e. The second kappa shape index (κ2) is 9.96. The van der Waals surface area contributed by atoms with Gasteiger partial charge in [0, 0.05) is 43.9 Å². The lowest BCUT2D eigenvalue weighted by atomic mass is 10.1. The monoisotopic (exact) mass is 396 g/mol. The summed E-state index contributed by atoms with van der Waals surface area (Å²) in [5, 5.41) is 0. The van der Waals surface area contributed by atoms with Crippen LogP contribution in [-0.2, 0) is 4.79 Å². The maximum Gasteiger partial charge on any atom is 0.222 e. The fourth-order valence-corrected chi connectivity index (χ4v) is 3.36. The summed E-state index contributed by atoms with van der Waals surface area (Å²) in [6.45, 7) is 5.15. The lowest BCUT2D eigenvalue weighted by Crippen LogP contribution is -2.48. The van der Waals surface area contributed by atoms with Crippen LogP contribution in [0.4, 0.5) is 5.69 Å². The maximum atomic E-state index is 12.5. The van der Waals surface area contributed by atoms with E-state index in [4.69, 9.17) is 9.47 Å². The first-order chi connectivity index (χ1) is 14.1. The number of ether oxygens (including phenoxy) is 2. The van der Waals surface area contributed by atoms with Crippen LogP contribution in [0.15, 0.2) is 48.5 Å². The van der Waals surface area contributed by atoms with Crippen LogP contribution in [0.2, 0.25) is 0 Å². The number of carbonyl (C=O) groups excluding carboxylic acids is 2. The van der Waals surface area contributed by atoms with E-state index in [-0.39, 0.29) is 11.7 Å². The van der Waals surface area contributed by atoms with Gasteiger partial charge in [-0.15, -0.1) is 0 Å². The van der Waals surface area contributed by atoms with Crippen molar-refractivity contribution in [2.75, 3.05) is 44.8 Å². The lowest BCUT2D eigenvalue weighted by Gasteiger charge is -2.36. The molecule has 2 aromatic carbocycles. The number of anilines is 1. The van der Waals surface area contributed by atoms with Crippen molar-refractivity contribution in [3.63, 3.8) is 0 Å². The Bertz CT molecular complexity index is 810. The van der Waals surface area contributed by atoms with Crippen LogP contribution in [0.1, 0.15) is 30.1 Å². The Hall–Kier alpha value is -3.02. The third kappa shape index (κ3) is 5.73. The molecule has 1 aliphatic heterocycles. The summed E-state index contributed by atoms with van der Waals surface area (Å²) < 4.78 is 10.9. The van der Waals surface area contributed by atoms with Crippen LogP contribution in [0.5, 0.6) is 11.5 Å². The third-order valence-electron chi connectivity index (χ3n) is 5.13. The highest BCUT2D eigenvalue weighted by Gasteiger charge is 2.21. The van der Waals surface area contributed by atoms with Gasteiger partial charge in [0.2, 0.25) is 5.91 Å². The van der Waals surface area contributed by atoms with Gasteiger partial charge in [-0.25, -0.2) is 0 Å². The first kappa shape index (κ1) is 20.7. The summed E-state index contributed by atoms with van der Waals surface area (Å²) in [5.41, 5.74) is 1.82. The molecule has 29 heavy (non-hydrogen) atoms. The zero-order chi connectivity index (χ0) is 20.6. The molecule has 6 nitrogen and oxygen atoms in total. The Morgan fingerprint density at radius 2 is 1.52 bits per heavy atom. The molecule has 154 valence electrons. The summed E-state index contributed by atoms with van der Waals surface area (Å²) >= 11 is 0. The molecule has 3 rings (SSSR count). The third-order valence-corrected chi connectivity index (χ3v) is 5.13. The topological polar surface area (TPSA) is 59.1 Å².